The summed E-state index contributed by atoms with van der Waals surface area (Å²) in [6.45, 7) is 2.37. The van der Waals surface area contributed by atoms with Gasteiger partial charge in [0.05, 0.1) is 0 Å². The largest absolute Gasteiger partial charge is 0.366 e. The van der Waals surface area contributed by atoms with Crippen LogP contribution in [-0.2, 0) is 20.6 Å². The number of nitrogens with zero attached hydrogens (tertiary/aromatic N) is 3. The van der Waals surface area contributed by atoms with Gasteiger partial charge in [0.1, 0.15) is 11.9 Å². The Morgan fingerprint density at radius 3 is 2.59 bits per heavy atom. The van der Waals surface area contributed by atoms with E-state index in [1.54, 1.807) is 0 Å². The molecule has 1 N–H and O–H groups in total. The number of benzene rings is 1. The molecule has 0 aliphatic rings. The number of rotatable bonds is 3. The molecule has 0 aliphatic heterocycles. The predicted octanol–water partition coefficient (Wildman–Crippen LogP) is 1.64. The molecule has 0 bridgehead atoms. The zero-order chi connectivity index (χ0) is 16.4. The van der Waals surface area contributed by atoms with Crippen LogP contribution in [0.1, 0.15) is 16.7 Å². The second-order valence-electron chi connectivity index (χ2n) is 4.97. The number of halogens is 1. The standard InChI is InChI=1S/C15H15BrN4O2/c1-9-4-5-11(16)6-10(9)8-18-13-12(7-17)14(21)20(3)15(22)19(13)2/h4-6,18H,8H2,1-3H3. The van der Waals surface area contributed by atoms with E-state index in [0.717, 1.165) is 20.2 Å². The van der Waals surface area contributed by atoms with Gasteiger partial charge in [0.15, 0.2) is 5.56 Å². The van der Waals surface area contributed by atoms with E-state index in [2.05, 4.69) is 21.2 Å². The smallest absolute Gasteiger partial charge is 0.332 e. The van der Waals surface area contributed by atoms with Crippen LogP contribution in [0.4, 0.5) is 5.82 Å². The van der Waals surface area contributed by atoms with E-state index in [4.69, 9.17) is 0 Å². The quantitative estimate of drug-likeness (QED) is 0.899. The molecule has 6 nitrogen and oxygen atoms in total. The second-order valence-corrected chi connectivity index (χ2v) is 5.88. The molecule has 0 radical (unpaired) electrons. The molecule has 0 saturated heterocycles. The molecule has 22 heavy (non-hydrogen) atoms. The molecule has 7 heteroatoms. The van der Waals surface area contributed by atoms with Gasteiger partial charge in [-0.2, -0.15) is 5.26 Å². The first kappa shape index (κ1) is 16.0. The minimum atomic E-state index is -0.598. The van der Waals surface area contributed by atoms with Gasteiger partial charge >= 0.3 is 5.69 Å². The Morgan fingerprint density at radius 1 is 1.27 bits per heavy atom. The first-order valence-electron chi connectivity index (χ1n) is 6.55. The van der Waals surface area contributed by atoms with Crippen molar-refractivity contribution < 1.29 is 0 Å². The Morgan fingerprint density at radius 2 is 1.95 bits per heavy atom. The number of nitrogens with one attached hydrogen (secondary N) is 1. The summed E-state index contributed by atoms with van der Waals surface area (Å²) in [6, 6.07) is 7.73. The van der Waals surface area contributed by atoms with Gasteiger partial charge in [-0.05, 0) is 30.2 Å². The van der Waals surface area contributed by atoms with Crippen molar-refractivity contribution >= 4 is 21.7 Å². The Balaban J connectivity index is 2.47. The van der Waals surface area contributed by atoms with E-state index in [-0.39, 0.29) is 11.4 Å². The van der Waals surface area contributed by atoms with E-state index >= 15 is 0 Å². The number of hydrogen-bond donors (Lipinski definition) is 1. The monoisotopic (exact) mass is 362 g/mol. The topological polar surface area (TPSA) is 79.8 Å². The summed E-state index contributed by atoms with van der Waals surface area (Å²) in [5.74, 6) is 0.231. The van der Waals surface area contributed by atoms with Crippen molar-refractivity contribution in [2.75, 3.05) is 5.32 Å². The lowest BCUT2D eigenvalue weighted by atomic mass is 10.1. The van der Waals surface area contributed by atoms with Gasteiger partial charge in [-0.3, -0.25) is 13.9 Å². The Kier molecular flexibility index (Phi) is 4.52. The fourth-order valence-corrected chi connectivity index (χ4v) is 2.57. The third-order valence-electron chi connectivity index (χ3n) is 3.53. The Hall–Kier alpha value is -2.33. The molecule has 0 amide bonds. The maximum Gasteiger partial charge on any atom is 0.332 e. The number of aryl methyl sites for hydroxylation is 1. The highest BCUT2D eigenvalue weighted by Crippen LogP contribution is 2.17. The summed E-state index contributed by atoms with van der Waals surface area (Å²) in [7, 11) is 2.88. The molecule has 0 aliphatic carbocycles. The second kappa shape index (κ2) is 6.20. The fourth-order valence-electron chi connectivity index (χ4n) is 2.16. The third-order valence-corrected chi connectivity index (χ3v) is 4.03. The number of nitriles is 1. The van der Waals surface area contributed by atoms with Gasteiger partial charge in [-0.15, -0.1) is 0 Å². The zero-order valence-corrected chi connectivity index (χ0v) is 14.1. The summed E-state index contributed by atoms with van der Waals surface area (Å²) in [6.07, 6.45) is 0. The maximum atomic E-state index is 12.0. The summed E-state index contributed by atoms with van der Waals surface area (Å²) in [5, 5.41) is 12.2. The minimum absolute atomic E-state index is 0.0720. The van der Waals surface area contributed by atoms with Gasteiger partial charge in [0.2, 0.25) is 0 Å². The molecule has 0 unspecified atom stereocenters. The molecule has 2 aromatic rings. The van der Waals surface area contributed by atoms with Crippen LogP contribution in [0.3, 0.4) is 0 Å². The van der Waals surface area contributed by atoms with Gasteiger partial charge in [0, 0.05) is 25.1 Å². The molecule has 114 valence electrons. The molecular formula is C15H15BrN4O2. The lowest BCUT2D eigenvalue weighted by molar-refractivity contribution is 0.685. The van der Waals surface area contributed by atoms with E-state index in [9.17, 15) is 14.9 Å². The average molecular weight is 363 g/mol. The van der Waals surface area contributed by atoms with Crippen LogP contribution in [0.25, 0.3) is 0 Å². The summed E-state index contributed by atoms with van der Waals surface area (Å²) >= 11 is 3.41. The number of anilines is 1. The Labute approximate surface area is 135 Å². The van der Waals surface area contributed by atoms with Gasteiger partial charge < -0.3 is 5.32 Å². The van der Waals surface area contributed by atoms with Crippen molar-refractivity contribution in [3.8, 4) is 6.07 Å². The highest BCUT2D eigenvalue weighted by molar-refractivity contribution is 9.10. The Bertz CT molecular complexity index is 890. The van der Waals surface area contributed by atoms with Crippen LogP contribution in [-0.4, -0.2) is 9.13 Å². The van der Waals surface area contributed by atoms with Crippen LogP contribution in [0, 0.1) is 18.3 Å². The SMILES string of the molecule is Cc1ccc(Br)cc1CNc1c(C#N)c(=O)n(C)c(=O)n1C. The molecule has 2 rings (SSSR count). The fraction of sp³-hybridized carbons (Fsp3) is 0.267. The molecule has 1 heterocycles. The van der Waals surface area contributed by atoms with Crippen LogP contribution in [0.15, 0.2) is 32.3 Å². The number of hydrogen-bond acceptors (Lipinski definition) is 4. The normalized spacial score (nSPS) is 10.3. The van der Waals surface area contributed by atoms with Crippen LogP contribution >= 0.6 is 15.9 Å². The van der Waals surface area contributed by atoms with E-state index < -0.39 is 11.2 Å². The first-order chi connectivity index (χ1) is 10.4. The van der Waals surface area contributed by atoms with Crippen molar-refractivity contribution in [1.82, 2.24) is 9.13 Å². The van der Waals surface area contributed by atoms with E-state index in [1.165, 1.54) is 18.7 Å². The minimum Gasteiger partial charge on any atom is -0.366 e. The summed E-state index contributed by atoms with van der Waals surface area (Å²) in [5.41, 5.74) is 0.934. The molecule has 0 spiro atoms. The highest BCUT2D eigenvalue weighted by Gasteiger charge is 2.15. The highest BCUT2D eigenvalue weighted by atomic mass is 79.9. The van der Waals surface area contributed by atoms with Crippen molar-refractivity contribution in [2.45, 2.75) is 13.5 Å². The summed E-state index contributed by atoms with van der Waals surface area (Å²) < 4.78 is 3.13. The van der Waals surface area contributed by atoms with Gasteiger partial charge in [-0.25, -0.2) is 4.79 Å². The van der Waals surface area contributed by atoms with E-state index in [1.807, 2.05) is 31.2 Å². The van der Waals surface area contributed by atoms with Crippen LogP contribution < -0.4 is 16.6 Å². The van der Waals surface area contributed by atoms with Crippen LogP contribution in [0.2, 0.25) is 0 Å². The molecular weight excluding hydrogens is 348 g/mol. The zero-order valence-electron chi connectivity index (χ0n) is 12.5. The molecule has 0 fully saturated rings. The summed E-state index contributed by atoms with van der Waals surface area (Å²) in [4.78, 5) is 24.0. The van der Waals surface area contributed by atoms with Crippen LogP contribution in [0.5, 0.6) is 0 Å². The third kappa shape index (κ3) is 2.83. The van der Waals surface area contributed by atoms with Crippen molar-refractivity contribution in [1.29, 1.82) is 5.26 Å². The van der Waals surface area contributed by atoms with Crippen molar-refractivity contribution in [2.24, 2.45) is 14.1 Å². The van der Waals surface area contributed by atoms with E-state index in [0.29, 0.717) is 6.54 Å². The maximum absolute atomic E-state index is 12.0. The molecule has 1 aromatic heterocycles. The van der Waals surface area contributed by atoms with Crippen molar-refractivity contribution in [3.63, 3.8) is 0 Å². The predicted molar refractivity (Wildman–Crippen MR) is 87.8 cm³/mol. The molecule has 1 aromatic carbocycles. The lowest BCUT2D eigenvalue weighted by Gasteiger charge is -2.14. The van der Waals surface area contributed by atoms with Crippen molar-refractivity contribution in [3.05, 3.63) is 60.2 Å². The van der Waals surface area contributed by atoms with Gasteiger partial charge in [0.25, 0.3) is 5.56 Å². The number of aromatic nitrogens is 2. The average Bonchev–Trinajstić information content (AvgIpc) is 2.50. The first-order valence-corrected chi connectivity index (χ1v) is 7.35. The molecule has 0 saturated carbocycles. The molecule has 0 atom stereocenters. The lowest BCUT2D eigenvalue weighted by Crippen LogP contribution is -2.39. The van der Waals surface area contributed by atoms with Gasteiger partial charge in [-0.1, -0.05) is 22.0 Å².